The molecule has 0 N–H and O–H groups in total. The van der Waals surface area contributed by atoms with Crippen LogP contribution in [0.2, 0.25) is 0 Å². The van der Waals surface area contributed by atoms with Crippen molar-refractivity contribution in [2.75, 3.05) is 41.0 Å². The summed E-state index contributed by atoms with van der Waals surface area (Å²) >= 11 is 0. The van der Waals surface area contributed by atoms with E-state index in [-0.39, 0.29) is 18.3 Å². The molecular formula is C27H39ClN2O3. The van der Waals surface area contributed by atoms with E-state index in [1.807, 2.05) is 31.2 Å². The van der Waals surface area contributed by atoms with Crippen LogP contribution in [0.1, 0.15) is 44.7 Å². The molecule has 0 saturated heterocycles. The maximum atomic E-state index is 10.2. The van der Waals surface area contributed by atoms with Crippen molar-refractivity contribution < 1.29 is 14.2 Å². The van der Waals surface area contributed by atoms with Crippen LogP contribution < -0.4 is 14.2 Å². The standard InChI is InChI=1S/C27H38N2O3.ClH/c1-7-32-24-11-8-10-23(18-24)27(20-28,21(2)3)13-9-14-29(4)15-12-22-16-25(30-5)19-26(17-22)31-6;/h8,10-11,16-19,21H,7,9,12-15H2,1-6H3;1H. The summed E-state index contributed by atoms with van der Waals surface area (Å²) in [6.07, 6.45) is 2.67. The zero-order valence-corrected chi connectivity index (χ0v) is 21.7. The molecule has 0 radical (unpaired) electrons. The van der Waals surface area contributed by atoms with Gasteiger partial charge in [0.15, 0.2) is 0 Å². The van der Waals surface area contributed by atoms with Crippen molar-refractivity contribution in [3.05, 3.63) is 53.6 Å². The van der Waals surface area contributed by atoms with Crippen molar-refractivity contribution in [3.8, 4) is 23.3 Å². The largest absolute Gasteiger partial charge is 0.497 e. The van der Waals surface area contributed by atoms with Crippen molar-refractivity contribution in [2.45, 2.75) is 45.4 Å². The number of ether oxygens (including phenoxy) is 3. The Balaban J connectivity index is 0.00000544. The molecule has 182 valence electrons. The number of rotatable bonds is 13. The number of nitrogens with zero attached hydrogens (tertiary/aromatic N) is 2. The lowest BCUT2D eigenvalue weighted by atomic mass is 9.70. The normalized spacial score (nSPS) is 12.6. The fourth-order valence-electron chi connectivity index (χ4n) is 4.12. The van der Waals surface area contributed by atoms with E-state index in [1.165, 1.54) is 5.56 Å². The average molecular weight is 475 g/mol. The topological polar surface area (TPSA) is 54.7 Å². The van der Waals surface area contributed by atoms with Crippen LogP contribution in [0.25, 0.3) is 0 Å². The van der Waals surface area contributed by atoms with Crippen LogP contribution in [-0.4, -0.2) is 45.9 Å². The fourth-order valence-corrected chi connectivity index (χ4v) is 4.12. The van der Waals surface area contributed by atoms with Gasteiger partial charge >= 0.3 is 0 Å². The smallest absolute Gasteiger partial charge is 0.122 e. The van der Waals surface area contributed by atoms with Crippen LogP contribution in [0, 0.1) is 17.2 Å². The van der Waals surface area contributed by atoms with Gasteiger partial charge in [0.1, 0.15) is 17.2 Å². The van der Waals surface area contributed by atoms with Gasteiger partial charge in [0.05, 0.1) is 32.3 Å². The predicted octanol–water partition coefficient (Wildman–Crippen LogP) is 5.90. The highest BCUT2D eigenvalue weighted by Gasteiger charge is 2.35. The summed E-state index contributed by atoms with van der Waals surface area (Å²) in [4.78, 5) is 2.32. The van der Waals surface area contributed by atoms with Gasteiger partial charge in [0, 0.05) is 12.6 Å². The van der Waals surface area contributed by atoms with Crippen LogP contribution >= 0.6 is 12.4 Å². The molecule has 0 aliphatic heterocycles. The second-order valence-electron chi connectivity index (χ2n) is 8.58. The Kier molecular flexibility index (Phi) is 12.1. The van der Waals surface area contributed by atoms with Crippen molar-refractivity contribution >= 4 is 12.4 Å². The summed E-state index contributed by atoms with van der Waals surface area (Å²) < 4.78 is 16.4. The number of halogens is 1. The Morgan fingerprint density at radius 1 is 1.00 bits per heavy atom. The highest BCUT2D eigenvalue weighted by Crippen LogP contribution is 2.38. The Labute approximate surface area is 206 Å². The van der Waals surface area contributed by atoms with Crippen LogP contribution in [0.3, 0.4) is 0 Å². The number of hydrogen-bond donors (Lipinski definition) is 0. The zero-order chi connectivity index (χ0) is 23.6. The third-order valence-corrected chi connectivity index (χ3v) is 6.15. The SMILES string of the molecule is CCOc1cccc(C(C#N)(CCCN(C)CCc2cc(OC)cc(OC)c2)C(C)C)c1.Cl. The molecule has 2 aromatic carbocycles. The summed E-state index contributed by atoms with van der Waals surface area (Å²) in [7, 11) is 5.48. The monoisotopic (exact) mass is 474 g/mol. The third-order valence-electron chi connectivity index (χ3n) is 6.15. The van der Waals surface area contributed by atoms with E-state index in [4.69, 9.17) is 14.2 Å². The lowest BCUT2D eigenvalue weighted by Crippen LogP contribution is -2.32. The number of benzene rings is 2. The van der Waals surface area contributed by atoms with Gasteiger partial charge in [0.25, 0.3) is 0 Å². The molecule has 1 atom stereocenters. The van der Waals surface area contributed by atoms with E-state index in [2.05, 4.69) is 50.1 Å². The van der Waals surface area contributed by atoms with Gasteiger partial charge in [-0.05, 0) is 81.1 Å². The van der Waals surface area contributed by atoms with Gasteiger partial charge in [-0.25, -0.2) is 0 Å². The van der Waals surface area contributed by atoms with Crippen LogP contribution in [-0.2, 0) is 11.8 Å². The molecule has 0 fully saturated rings. The van der Waals surface area contributed by atoms with Gasteiger partial charge in [0.2, 0.25) is 0 Å². The summed E-state index contributed by atoms with van der Waals surface area (Å²) in [5.74, 6) is 2.66. The van der Waals surface area contributed by atoms with Crippen molar-refractivity contribution in [2.24, 2.45) is 5.92 Å². The van der Waals surface area contributed by atoms with Crippen LogP contribution in [0.15, 0.2) is 42.5 Å². The van der Waals surface area contributed by atoms with Crippen LogP contribution in [0.5, 0.6) is 17.2 Å². The molecule has 2 aromatic rings. The molecule has 0 spiro atoms. The summed E-state index contributed by atoms with van der Waals surface area (Å²) in [6, 6.07) is 16.7. The van der Waals surface area contributed by atoms with Gasteiger partial charge in [-0.15, -0.1) is 12.4 Å². The van der Waals surface area contributed by atoms with E-state index in [0.29, 0.717) is 6.61 Å². The lowest BCUT2D eigenvalue weighted by Gasteiger charge is -2.32. The number of likely N-dealkylation sites (N-methyl/N-ethyl adjacent to an activating group) is 1. The number of nitriles is 1. The van der Waals surface area contributed by atoms with Gasteiger partial charge in [-0.2, -0.15) is 5.26 Å². The first-order chi connectivity index (χ1) is 15.4. The zero-order valence-electron chi connectivity index (χ0n) is 20.9. The number of hydrogen-bond acceptors (Lipinski definition) is 5. The lowest BCUT2D eigenvalue weighted by molar-refractivity contribution is 0.292. The highest BCUT2D eigenvalue weighted by molar-refractivity contribution is 5.85. The summed E-state index contributed by atoms with van der Waals surface area (Å²) in [5.41, 5.74) is 1.72. The Bertz CT molecular complexity index is 875. The van der Waals surface area contributed by atoms with E-state index in [9.17, 15) is 5.26 Å². The Morgan fingerprint density at radius 2 is 1.67 bits per heavy atom. The Morgan fingerprint density at radius 3 is 2.21 bits per heavy atom. The van der Waals surface area contributed by atoms with Crippen LogP contribution in [0.4, 0.5) is 0 Å². The molecule has 2 rings (SSSR count). The molecule has 5 nitrogen and oxygen atoms in total. The third kappa shape index (κ3) is 7.84. The summed E-state index contributed by atoms with van der Waals surface area (Å²) in [5, 5.41) is 10.2. The van der Waals surface area contributed by atoms with Crippen molar-refractivity contribution in [3.63, 3.8) is 0 Å². The minimum absolute atomic E-state index is 0. The van der Waals surface area contributed by atoms with Gasteiger partial charge < -0.3 is 19.1 Å². The maximum Gasteiger partial charge on any atom is 0.122 e. The molecule has 0 bridgehead atoms. The second-order valence-corrected chi connectivity index (χ2v) is 8.58. The van der Waals surface area contributed by atoms with Crippen molar-refractivity contribution in [1.82, 2.24) is 4.90 Å². The molecule has 6 heteroatoms. The van der Waals surface area contributed by atoms with Crippen molar-refractivity contribution in [1.29, 1.82) is 5.26 Å². The quantitative estimate of drug-likeness (QED) is 0.362. The molecule has 0 aliphatic carbocycles. The average Bonchev–Trinajstić information content (AvgIpc) is 2.80. The Hall–Kier alpha value is -2.42. The van der Waals surface area contributed by atoms with E-state index in [0.717, 1.165) is 55.2 Å². The molecule has 0 saturated carbocycles. The first-order valence-electron chi connectivity index (χ1n) is 11.4. The second kappa shape index (κ2) is 14.0. The maximum absolute atomic E-state index is 10.2. The van der Waals surface area contributed by atoms with E-state index in [1.54, 1.807) is 14.2 Å². The fraction of sp³-hybridized carbons (Fsp3) is 0.519. The highest BCUT2D eigenvalue weighted by atomic mass is 35.5. The first-order valence-corrected chi connectivity index (χ1v) is 11.4. The number of methoxy groups -OCH3 is 2. The first kappa shape index (κ1) is 28.6. The summed E-state index contributed by atoms with van der Waals surface area (Å²) in [6.45, 7) is 8.73. The molecule has 0 aliphatic rings. The molecule has 33 heavy (non-hydrogen) atoms. The van der Waals surface area contributed by atoms with Gasteiger partial charge in [-0.3, -0.25) is 0 Å². The minimum Gasteiger partial charge on any atom is -0.497 e. The molecule has 0 amide bonds. The van der Waals surface area contributed by atoms with E-state index >= 15 is 0 Å². The molecule has 1 unspecified atom stereocenters. The predicted molar refractivity (Wildman–Crippen MR) is 137 cm³/mol. The van der Waals surface area contributed by atoms with E-state index < -0.39 is 5.41 Å². The molecule has 0 aromatic heterocycles. The van der Waals surface area contributed by atoms with Gasteiger partial charge in [-0.1, -0.05) is 26.0 Å². The molecule has 0 heterocycles. The molecular weight excluding hydrogens is 436 g/mol. The minimum atomic E-state index is -0.520.